The molecule has 3 aromatic rings. The number of nitrogen functional groups attached to an aromatic ring is 1. The average molecular weight is 520 g/mol. The molecule has 0 saturated heterocycles. The highest BCUT2D eigenvalue weighted by atomic mass is 35.5. The smallest absolute Gasteiger partial charge is 0.397 e. The molecule has 0 aliphatic carbocycles. The number of carbonyl (C=O) groups is 1. The Bertz CT molecular complexity index is 1230. The van der Waals surface area contributed by atoms with E-state index in [0.29, 0.717) is 22.4 Å². The molecular formula is C18H10Cl2F7N3OS. The molecule has 0 bridgehead atoms. The number of aryl methyl sites for hydroxylation is 1. The lowest BCUT2D eigenvalue weighted by molar-refractivity contribution is -0.360. The average Bonchev–Trinajstić information content (AvgIpc) is 3.00. The molecule has 0 spiro atoms. The third-order valence-electron chi connectivity index (χ3n) is 4.35. The maximum atomic E-state index is 14.1. The molecule has 2 heterocycles. The zero-order valence-corrected chi connectivity index (χ0v) is 17.9. The van der Waals surface area contributed by atoms with Gasteiger partial charge in [0.05, 0.1) is 16.4 Å². The van der Waals surface area contributed by atoms with Crippen LogP contribution in [0.1, 0.15) is 20.9 Å². The fraction of sp³-hybridized carbons (Fsp3) is 0.222. The van der Waals surface area contributed by atoms with Crippen molar-refractivity contribution in [1.82, 2.24) is 4.98 Å². The van der Waals surface area contributed by atoms with Gasteiger partial charge in [0.1, 0.15) is 15.4 Å². The van der Waals surface area contributed by atoms with Crippen LogP contribution in [0.25, 0.3) is 10.2 Å². The summed E-state index contributed by atoms with van der Waals surface area (Å²) in [6.45, 7) is 1.16. The largest absolute Gasteiger partial charge is 0.460 e. The number of carbonyl (C=O) groups excluding carboxylic acids is 1. The molecular weight excluding hydrogens is 510 g/mol. The first-order chi connectivity index (χ1) is 14.6. The second-order valence-corrected chi connectivity index (χ2v) is 8.42. The number of fused-ring (bicyclic) bond motifs is 1. The Morgan fingerprint density at radius 1 is 1.09 bits per heavy atom. The lowest BCUT2D eigenvalue weighted by Crippen LogP contribution is -2.50. The Hall–Kier alpha value is -2.31. The Kier molecular flexibility index (Phi) is 6.03. The fourth-order valence-corrected chi connectivity index (χ4v) is 4.27. The maximum Gasteiger partial charge on any atom is 0.460 e. The molecule has 3 rings (SSSR count). The lowest BCUT2D eigenvalue weighted by atomic mass is 10.0. The van der Waals surface area contributed by atoms with Crippen molar-refractivity contribution >= 4 is 62.0 Å². The van der Waals surface area contributed by atoms with E-state index >= 15 is 0 Å². The van der Waals surface area contributed by atoms with Crippen molar-refractivity contribution in [3.05, 3.63) is 50.4 Å². The van der Waals surface area contributed by atoms with Gasteiger partial charge < -0.3 is 11.1 Å². The minimum absolute atomic E-state index is 0.0303. The minimum Gasteiger partial charge on any atom is -0.397 e. The molecule has 1 aromatic carbocycles. The summed E-state index contributed by atoms with van der Waals surface area (Å²) in [6.07, 6.45) is -6.52. The number of benzene rings is 1. The Morgan fingerprint density at radius 2 is 1.72 bits per heavy atom. The number of thiophene rings is 1. The molecule has 0 unspecified atom stereocenters. The second-order valence-electron chi connectivity index (χ2n) is 6.57. The van der Waals surface area contributed by atoms with E-state index in [-0.39, 0.29) is 32.2 Å². The van der Waals surface area contributed by atoms with Crippen molar-refractivity contribution in [3.63, 3.8) is 0 Å². The third kappa shape index (κ3) is 3.95. The van der Waals surface area contributed by atoms with Crippen LogP contribution in [0.3, 0.4) is 0 Å². The van der Waals surface area contributed by atoms with Gasteiger partial charge >= 0.3 is 18.0 Å². The monoisotopic (exact) mass is 519 g/mol. The number of amides is 1. The number of nitrogens with zero attached hydrogens (tertiary/aromatic N) is 1. The number of halogens is 9. The number of nitrogens with one attached hydrogen (secondary N) is 1. The number of hydrogen-bond donors (Lipinski definition) is 2. The normalized spacial score (nSPS) is 12.9. The molecule has 14 heteroatoms. The molecule has 0 atom stereocenters. The molecule has 3 N–H and O–H groups in total. The predicted molar refractivity (Wildman–Crippen MR) is 108 cm³/mol. The fourth-order valence-electron chi connectivity index (χ4n) is 2.75. The van der Waals surface area contributed by atoms with Crippen LogP contribution in [0, 0.1) is 6.92 Å². The molecule has 0 saturated carbocycles. The number of aromatic nitrogens is 1. The number of pyridine rings is 1. The minimum atomic E-state index is -6.52. The first-order valence-electron chi connectivity index (χ1n) is 8.36. The van der Waals surface area contributed by atoms with Gasteiger partial charge in [0.2, 0.25) is 0 Å². The van der Waals surface area contributed by atoms with Gasteiger partial charge in [0.25, 0.3) is 5.91 Å². The summed E-state index contributed by atoms with van der Waals surface area (Å²) in [5.41, 5.74) is 3.86. The van der Waals surface area contributed by atoms with Crippen LogP contribution in [0.15, 0.2) is 24.3 Å². The van der Waals surface area contributed by atoms with Crippen LogP contribution < -0.4 is 11.1 Å². The highest BCUT2D eigenvalue weighted by molar-refractivity contribution is 7.21. The van der Waals surface area contributed by atoms with Crippen molar-refractivity contribution in [3.8, 4) is 0 Å². The summed E-state index contributed by atoms with van der Waals surface area (Å²) in [5, 5.41) is 2.76. The summed E-state index contributed by atoms with van der Waals surface area (Å²) in [6, 6.07) is 4.53. The standard InChI is InChI=1S/C18H10Cl2F7N3OS/c1-6-4-10(16(21,22)17(23,24)18(25,26)27)30-15-11(6)12(28)13(32-15)14(31)29-9-3-2-7(19)5-8(9)20/h2-5H,28H2,1H3,(H,29,31). The van der Waals surface area contributed by atoms with E-state index in [4.69, 9.17) is 28.9 Å². The second kappa shape index (κ2) is 7.92. The van der Waals surface area contributed by atoms with Crippen molar-refractivity contribution in [1.29, 1.82) is 0 Å². The zero-order chi connectivity index (χ0) is 24.2. The van der Waals surface area contributed by atoms with E-state index in [0.717, 1.165) is 6.92 Å². The lowest BCUT2D eigenvalue weighted by Gasteiger charge is -2.27. The molecule has 172 valence electrons. The van der Waals surface area contributed by atoms with E-state index in [1.165, 1.54) is 18.2 Å². The van der Waals surface area contributed by atoms with Gasteiger partial charge in [0, 0.05) is 10.4 Å². The zero-order valence-electron chi connectivity index (χ0n) is 15.6. The summed E-state index contributed by atoms with van der Waals surface area (Å²) in [4.78, 5) is 15.2. The molecule has 0 fully saturated rings. The molecule has 1 amide bonds. The molecule has 32 heavy (non-hydrogen) atoms. The van der Waals surface area contributed by atoms with Crippen LogP contribution in [-0.4, -0.2) is 23.0 Å². The quantitative estimate of drug-likeness (QED) is 0.363. The summed E-state index contributed by atoms with van der Waals surface area (Å²) in [5.74, 6) is -12.9. The van der Waals surface area contributed by atoms with Crippen molar-refractivity contribution in [2.24, 2.45) is 0 Å². The summed E-state index contributed by atoms with van der Waals surface area (Å²) in [7, 11) is 0. The van der Waals surface area contributed by atoms with Crippen molar-refractivity contribution in [2.45, 2.75) is 24.9 Å². The highest BCUT2D eigenvalue weighted by Gasteiger charge is 2.74. The van der Waals surface area contributed by atoms with Gasteiger partial charge in [-0.15, -0.1) is 11.3 Å². The Labute approximate surface area is 189 Å². The van der Waals surface area contributed by atoms with E-state index in [9.17, 15) is 35.5 Å². The first-order valence-corrected chi connectivity index (χ1v) is 9.94. The van der Waals surface area contributed by atoms with Gasteiger partial charge in [-0.3, -0.25) is 4.79 Å². The van der Waals surface area contributed by atoms with Crippen LogP contribution in [0.2, 0.25) is 10.0 Å². The summed E-state index contributed by atoms with van der Waals surface area (Å²) < 4.78 is 92.6. The molecule has 0 aliphatic rings. The Balaban J connectivity index is 2.07. The van der Waals surface area contributed by atoms with Gasteiger partial charge in [-0.1, -0.05) is 23.2 Å². The third-order valence-corrected chi connectivity index (χ3v) is 6.00. The summed E-state index contributed by atoms with van der Waals surface area (Å²) >= 11 is 12.2. The number of rotatable bonds is 4. The van der Waals surface area contributed by atoms with E-state index in [2.05, 4.69) is 10.3 Å². The highest BCUT2D eigenvalue weighted by Crippen LogP contribution is 2.52. The molecule has 0 aliphatic heterocycles. The molecule has 4 nitrogen and oxygen atoms in total. The van der Waals surface area contributed by atoms with E-state index < -0.39 is 34.5 Å². The van der Waals surface area contributed by atoms with E-state index in [1.807, 2.05) is 0 Å². The number of hydrogen-bond acceptors (Lipinski definition) is 4. The van der Waals surface area contributed by atoms with Gasteiger partial charge in [-0.2, -0.15) is 30.7 Å². The topological polar surface area (TPSA) is 68.0 Å². The number of alkyl halides is 7. The molecule has 2 aromatic heterocycles. The van der Waals surface area contributed by atoms with E-state index in [1.54, 1.807) is 0 Å². The van der Waals surface area contributed by atoms with Crippen LogP contribution in [0.4, 0.5) is 42.1 Å². The van der Waals surface area contributed by atoms with Crippen molar-refractivity contribution < 1.29 is 35.5 Å². The van der Waals surface area contributed by atoms with Gasteiger partial charge in [-0.25, -0.2) is 4.98 Å². The van der Waals surface area contributed by atoms with Crippen molar-refractivity contribution in [2.75, 3.05) is 11.1 Å². The molecule has 0 radical (unpaired) electrons. The number of nitrogens with two attached hydrogens (primary N) is 1. The first kappa shape index (κ1) is 24.3. The van der Waals surface area contributed by atoms with Crippen LogP contribution >= 0.6 is 34.5 Å². The maximum absolute atomic E-state index is 14.1. The number of anilines is 2. The van der Waals surface area contributed by atoms with Gasteiger partial charge in [-0.05, 0) is 36.8 Å². The van der Waals surface area contributed by atoms with Crippen LogP contribution in [-0.2, 0) is 5.92 Å². The van der Waals surface area contributed by atoms with Crippen LogP contribution in [0.5, 0.6) is 0 Å². The Morgan fingerprint density at radius 3 is 2.28 bits per heavy atom. The van der Waals surface area contributed by atoms with Gasteiger partial charge in [0.15, 0.2) is 0 Å². The predicted octanol–water partition coefficient (Wildman–Crippen LogP) is 7.04. The SMILES string of the molecule is Cc1cc(C(F)(F)C(F)(F)C(F)(F)F)nc2sc(C(=O)Nc3ccc(Cl)cc3Cl)c(N)c12.